The van der Waals surface area contributed by atoms with Crippen molar-refractivity contribution in [2.24, 2.45) is 0 Å². The van der Waals surface area contributed by atoms with Crippen LogP contribution in [0, 0.1) is 0 Å². The summed E-state index contributed by atoms with van der Waals surface area (Å²) < 4.78 is 13.0. The largest absolute Gasteiger partial charge is 0.309 e. The van der Waals surface area contributed by atoms with Gasteiger partial charge in [0.1, 0.15) is 5.67 Å². The Labute approximate surface area is 55.6 Å². The van der Waals surface area contributed by atoms with E-state index in [2.05, 4.69) is 5.32 Å². The molecule has 1 fully saturated rings. The Hall–Kier alpha value is -0.110. The fourth-order valence-electron chi connectivity index (χ4n) is 1.47. The third-order valence-electron chi connectivity index (χ3n) is 1.75. The lowest BCUT2D eigenvalue weighted by atomic mass is 9.96. The minimum Gasteiger partial charge on any atom is -0.309 e. The Kier molecular flexibility index (Phi) is 1.31. The van der Waals surface area contributed by atoms with Gasteiger partial charge in [-0.25, -0.2) is 4.39 Å². The lowest BCUT2D eigenvalue weighted by Crippen LogP contribution is -2.31. The Balaban J connectivity index is 2.58. The van der Waals surface area contributed by atoms with Crippen LogP contribution in [0.5, 0.6) is 0 Å². The van der Waals surface area contributed by atoms with Gasteiger partial charge >= 0.3 is 0 Å². The first kappa shape index (κ1) is 7.00. The molecule has 1 atom stereocenters. The highest BCUT2D eigenvalue weighted by Gasteiger charge is 2.39. The molecule has 1 N–H and O–H groups in total. The molecule has 1 unspecified atom stereocenters. The first-order valence-electron chi connectivity index (χ1n) is 3.35. The van der Waals surface area contributed by atoms with Crippen LogP contribution in [-0.2, 0) is 0 Å². The van der Waals surface area contributed by atoms with E-state index in [4.69, 9.17) is 0 Å². The van der Waals surface area contributed by atoms with Crippen LogP contribution >= 0.6 is 0 Å². The molecule has 1 heterocycles. The average molecular weight is 131 g/mol. The molecule has 0 spiro atoms. The third kappa shape index (κ3) is 1.65. The van der Waals surface area contributed by atoms with E-state index in [-0.39, 0.29) is 5.54 Å². The molecule has 1 saturated heterocycles. The maximum absolute atomic E-state index is 13.0. The molecule has 1 aliphatic heterocycles. The fourth-order valence-corrected chi connectivity index (χ4v) is 1.47. The normalized spacial score (nSPS) is 41.3. The van der Waals surface area contributed by atoms with E-state index in [1.807, 2.05) is 13.8 Å². The highest BCUT2D eigenvalue weighted by atomic mass is 19.1. The van der Waals surface area contributed by atoms with Gasteiger partial charge in [-0.2, -0.15) is 0 Å². The molecule has 0 saturated carbocycles. The lowest BCUT2D eigenvalue weighted by molar-refractivity contribution is 0.206. The van der Waals surface area contributed by atoms with Crippen molar-refractivity contribution >= 4 is 0 Å². The molecule has 0 radical (unpaired) electrons. The van der Waals surface area contributed by atoms with Crippen molar-refractivity contribution in [2.75, 3.05) is 6.54 Å². The summed E-state index contributed by atoms with van der Waals surface area (Å²) in [6.45, 7) is 6.20. The summed E-state index contributed by atoms with van der Waals surface area (Å²) in [5.41, 5.74) is -0.979. The maximum atomic E-state index is 13.0. The van der Waals surface area contributed by atoms with Crippen molar-refractivity contribution in [1.29, 1.82) is 0 Å². The Morgan fingerprint density at radius 3 is 2.00 bits per heavy atom. The van der Waals surface area contributed by atoms with Crippen molar-refractivity contribution in [2.45, 2.75) is 38.4 Å². The molecule has 54 valence electrons. The third-order valence-corrected chi connectivity index (χ3v) is 1.75. The summed E-state index contributed by atoms with van der Waals surface area (Å²) in [5.74, 6) is 0. The van der Waals surface area contributed by atoms with Gasteiger partial charge in [0.15, 0.2) is 0 Å². The van der Waals surface area contributed by atoms with Crippen LogP contribution in [0.25, 0.3) is 0 Å². The SMILES string of the molecule is CC1(F)CNC(C)(C)C1. The summed E-state index contributed by atoms with van der Waals surface area (Å²) in [4.78, 5) is 0. The number of alkyl halides is 1. The van der Waals surface area contributed by atoms with Crippen LogP contribution in [0.4, 0.5) is 4.39 Å². The van der Waals surface area contributed by atoms with Gasteiger partial charge in [0.25, 0.3) is 0 Å². The van der Waals surface area contributed by atoms with Crippen LogP contribution in [0.2, 0.25) is 0 Å². The molecule has 1 nitrogen and oxygen atoms in total. The van der Waals surface area contributed by atoms with Crippen molar-refractivity contribution in [3.8, 4) is 0 Å². The number of rotatable bonds is 0. The number of nitrogens with one attached hydrogen (secondary N) is 1. The highest BCUT2D eigenvalue weighted by Crippen LogP contribution is 2.29. The average Bonchev–Trinajstić information content (AvgIpc) is 1.78. The number of hydrogen-bond donors (Lipinski definition) is 1. The lowest BCUT2D eigenvalue weighted by Gasteiger charge is -2.17. The zero-order valence-electron chi connectivity index (χ0n) is 6.29. The van der Waals surface area contributed by atoms with Gasteiger partial charge in [0, 0.05) is 18.5 Å². The maximum Gasteiger partial charge on any atom is 0.122 e. The van der Waals surface area contributed by atoms with Gasteiger partial charge in [-0.15, -0.1) is 0 Å². The highest BCUT2D eigenvalue weighted by molar-refractivity contribution is 4.97. The van der Waals surface area contributed by atoms with E-state index in [0.717, 1.165) is 0 Å². The molecule has 1 aliphatic rings. The van der Waals surface area contributed by atoms with E-state index in [0.29, 0.717) is 13.0 Å². The topological polar surface area (TPSA) is 12.0 Å². The van der Waals surface area contributed by atoms with E-state index < -0.39 is 5.67 Å². The minimum atomic E-state index is -0.983. The Morgan fingerprint density at radius 2 is 1.89 bits per heavy atom. The van der Waals surface area contributed by atoms with Crippen LogP contribution < -0.4 is 5.32 Å². The quantitative estimate of drug-likeness (QED) is 0.525. The second kappa shape index (κ2) is 1.69. The van der Waals surface area contributed by atoms with E-state index in [1.54, 1.807) is 6.92 Å². The molecule has 0 aliphatic carbocycles. The summed E-state index contributed by atoms with van der Waals surface area (Å²) in [7, 11) is 0. The van der Waals surface area contributed by atoms with Crippen LogP contribution in [0.3, 0.4) is 0 Å². The summed E-state index contributed by atoms with van der Waals surface area (Å²) in [5, 5.41) is 3.11. The van der Waals surface area contributed by atoms with Gasteiger partial charge < -0.3 is 5.32 Å². The van der Waals surface area contributed by atoms with Gasteiger partial charge in [0.05, 0.1) is 0 Å². The smallest absolute Gasteiger partial charge is 0.122 e. The standard InChI is InChI=1S/C7H14FN/c1-6(2)4-7(3,8)5-9-6/h9H,4-5H2,1-3H3. The number of hydrogen-bond acceptors (Lipinski definition) is 1. The molecule has 0 aromatic carbocycles. The van der Waals surface area contributed by atoms with E-state index >= 15 is 0 Å². The molecular formula is C7H14FN. The van der Waals surface area contributed by atoms with Gasteiger partial charge in [-0.3, -0.25) is 0 Å². The first-order valence-corrected chi connectivity index (χ1v) is 3.35. The minimum absolute atomic E-state index is 0.00347. The Bertz CT molecular complexity index is 104. The number of halogens is 1. The molecular weight excluding hydrogens is 117 g/mol. The first-order chi connectivity index (χ1) is 3.91. The summed E-state index contributed by atoms with van der Waals surface area (Å²) in [6.07, 6.45) is 0.625. The van der Waals surface area contributed by atoms with Gasteiger partial charge in [0.2, 0.25) is 0 Å². The van der Waals surface area contributed by atoms with Crippen molar-refractivity contribution in [3.05, 3.63) is 0 Å². The zero-order chi connectivity index (χ0) is 7.12. The summed E-state index contributed by atoms with van der Waals surface area (Å²) >= 11 is 0. The van der Waals surface area contributed by atoms with E-state index in [9.17, 15) is 4.39 Å². The van der Waals surface area contributed by atoms with Crippen LogP contribution in [-0.4, -0.2) is 17.8 Å². The second-order valence-corrected chi connectivity index (χ2v) is 3.83. The molecule has 2 heteroatoms. The zero-order valence-corrected chi connectivity index (χ0v) is 6.29. The van der Waals surface area contributed by atoms with Gasteiger partial charge in [-0.1, -0.05) is 0 Å². The second-order valence-electron chi connectivity index (χ2n) is 3.83. The predicted molar refractivity (Wildman–Crippen MR) is 36.2 cm³/mol. The molecule has 0 aromatic heterocycles. The predicted octanol–water partition coefficient (Wildman–Crippen LogP) is 1.49. The van der Waals surface area contributed by atoms with Gasteiger partial charge in [-0.05, 0) is 20.8 Å². The Morgan fingerprint density at radius 1 is 1.33 bits per heavy atom. The van der Waals surface area contributed by atoms with E-state index in [1.165, 1.54) is 0 Å². The molecule has 9 heavy (non-hydrogen) atoms. The van der Waals surface area contributed by atoms with Crippen molar-refractivity contribution < 1.29 is 4.39 Å². The van der Waals surface area contributed by atoms with Crippen molar-refractivity contribution in [1.82, 2.24) is 5.32 Å². The van der Waals surface area contributed by atoms with Crippen molar-refractivity contribution in [3.63, 3.8) is 0 Å². The monoisotopic (exact) mass is 131 g/mol. The fraction of sp³-hybridized carbons (Fsp3) is 1.00. The molecule has 0 aromatic rings. The van der Waals surface area contributed by atoms with Crippen LogP contribution in [0.15, 0.2) is 0 Å². The molecule has 0 amide bonds. The van der Waals surface area contributed by atoms with Crippen LogP contribution in [0.1, 0.15) is 27.2 Å². The summed E-state index contributed by atoms with van der Waals surface area (Å²) in [6, 6.07) is 0. The molecule has 1 rings (SSSR count). The molecule has 0 bridgehead atoms.